The van der Waals surface area contributed by atoms with E-state index in [-0.39, 0.29) is 11.6 Å². The molecule has 1 N–H and O–H groups in total. The Morgan fingerprint density at radius 2 is 1.29 bits per heavy atom. The first-order chi connectivity index (χ1) is 15.1. The third-order valence-corrected chi connectivity index (χ3v) is 5.51. The molecule has 0 saturated heterocycles. The molecule has 6 nitrogen and oxygen atoms in total. The molecule has 0 aliphatic rings. The lowest BCUT2D eigenvalue weighted by Gasteiger charge is -2.03. The number of unbranched alkanes of at least 4 members (excludes halogenated alkanes) is 14. The van der Waals surface area contributed by atoms with Crippen LogP contribution in [0.4, 0.5) is 5.69 Å². The van der Waals surface area contributed by atoms with E-state index in [1.54, 1.807) is 12.1 Å². The highest BCUT2D eigenvalue weighted by atomic mass is 16.6. The van der Waals surface area contributed by atoms with Crippen LogP contribution in [0.15, 0.2) is 29.4 Å². The summed E-state index contributed by atoms with van der Waals surface area (Å²) < 4.78 is 0. The standard InChI is InChI=1S/C25H41N3O3/c1-2-3-4-5-6-7-8-9-10-11-12-13-14-15-16-17-25(29)27-26-22-23-18-20-24(21-19-23)28(30)31/h18-22H,2-17H2,1H3,(H,27,29)/b26-22-. The molecular formula is C25H41N3O3. The number of nitrogens with zero attached hydrogens (tertiary/aromatic N) is 2. The van der Waals surface area contributed by atoms with Crippen molar-refractivity contribution in [1.82, 2.24) is 5.43 Å². The van der Waals surface area contributed by atoms with E-state index in [0.29, 0.717) is 12.0 Å². The summed E-state index contributed by atoms with van der Waals surface area (Å²) in [6.45, 7) is 2.26. The van der Waals surface area contributed by atoms with Crippen molar-refractivity contribution in [3.8, 4) is 0 Å². The van der Waals surface area contributed by atoms with Gasteiger partial charge in [0.15, 0.2) is 0 Å². The number of hydrogen-bond acceptors (Lipinski definition) is 4. The summed E-state index contributed by atoms with van der Waals surface area (Å²) in [5, 5.41) is 14.5. The molecule has 1 rings (SSSR count). The first kappa shape index (κ1) is 26.8. The van der Waals surface area contributed by atoms with Crippen molar-refractivity contribution in [2.75, 3.05) is 0 Å². The van der Waals surface area contributed by atoms with Crippen LogP contribution in [0.25, 0.3) is 0 Å². The topological polar surface area (TPSA) is 84.6 Å². The molecule has 1 amide bonds. The fourth-order valence-corrected chi connectivity index (χ4v) is 3.57. The van der Waals surface area contributed by atoms with Gasteiger partial charge in [0.25, 0.3) is 5.69 Å². The van der Waals surface area contributed by atoms with Gasteiger partial charge in [-0.25, -0.2) is 5.43 Å². The fourth-order valence-electron chi connectivity index (χ4n) is 3.57. The summed E-state index contributed by atoms with van der Waals surface area (Å²) in [4.78, 5) is 22.0. The molecule has 0 bridgehead atoms. The van der Waals surface area contributed by atoms with Gasteiger partial charge in [0.2, 0.25) is 5.91 Å². The van der Waals surface area contributed by atoms with E-state index < -0.39 is 4.92 Å². The minimum absolute atomic E-state index is 0.0364. The van der Waals surface area contributed by atoms with Crippen molar-refractivity contribution in [3.63, 3.8) is 0 Å². The smallest absolute Gasteiger partial charge is 0.269 e. The maximum absolute atomic E-state index is 11.8. The second kappa shape index (κ2) is 18.5. The Morgan fingerprint density at radius 3 is 1.74 bits per heavy atom. The average molecular weight is 432 g/mol. The molecule has 6 heteroatoms. The maximum Gasteiger partial charge on any atom is 0.269 e. The molecule has 0 unspecified atom stereocenters. The van der Waals surface area contributed by atoms with Crippen molar-refractivity contribution in [2.45, 2.75) is 110 Å². The zero-order chi connectivity index (χ0) is 22.6. The van der Waals surface area contributed by atoms with Crippen LogP contribution in [0, 0.1) is 10.1 Å². The number of hydrogen-bond donors (Lipinski definition) is 1. The van der Waals surface area contributed by atoms with Crippen LogP contribution in [-0.2, 0) is 4.79 Å². The quantitative estimate of drug-likeness (QED) is 0.108. The Labute approximate surface area is 188 Å². The summed E-state index contributed by atoms with van der Waals surface area (Å²) in [5.74, 6) is -0.0899. The highest BCUT2D eigenvalue weighted by Gasteiger charge is 2.03. The van der Waals surface area contributed by atoms with Crippen LogP contribution in [0.2, 0.25) is 0 Å². The molecule has 0 aliphatic heterocycles. The lowest BCUT2D eigenvalue weighted by Crippen LogP contribution is -2.16. The normalized spacial score (nSPS) is 11.1. The van der Waals surface area contributed by atoms with Crippen LogP contribution in [0.3, 0.4) is 0 Å². The number of benzene rings is 1. The molecule has 0 aliphatic carbocycles. The van der Waals surface area contributed by atoms with Gasteiger partial charge in [-0.3, -0.25) is 14.9 Å². The molecule has 1 aromatic rings. The first-order valence-electron chi connectivity index (χ1n) is 12.2. The van der Waals surface area contributed by atoms with Gasteiger partial charge in [0.05, 0.1) is 11.1 Å². The number of carbonyl (C=O) groups is 1. The number of rotatable bonds is 19. The second-order valence-corrected chi connectivity index (χ2v) is 8.34. The SMILES string of the molecule is CCCCCCCCCCCCCCCCCC(=O)N/N=C\c1ccc([N+](=O)[O-])cc1. The largest absolute Gasteiger partial charge is 0.273 e. The monoisotopic (exact) mass is 431 g/mol. The Morgan fingerprint density at radius 1 is 0.839 bits per heavy atom. The zero-order valence-electron chi connectivity index (χ0n) is 19.3. The minimum Gasteiger partial charge on any atom is -0.273 e. The lowest BCUT2D eigenvalue weighted by molar-refractivity contribution is -0.384. The molecular weight excluding hydrogens is 390 g/mol. The van der Waals surface area contributed by atoms with Gasteiger partial charge < -0.3 is 0 Å². The van der Waals surface area contributed by atoms with E-state index in [0.717, 1.165) is 12.8 Å². The van der Waals surface area contributed by atoms with Gasteiger partial charge >= 0.3 is 0 Å². The van der Waals surface area contributed by atoms with Crippen molar-refractivity contribution in [1.29, 1.82) is 0 Å². The number of hydrazone groups is 1. The van der Waals surface area contributed by atoms with Crippen molar-refractivity contribution in [3.05, 3.63) is 39.9 Å². The molecule has 174 valence electrons. The number of amides is 1. The minimum atomic E-state index is -0.444. The van der Waals surface area contributed by atoms with E-state index in [2.05, 4.69) is 17.5 Å². The Bertz CT molecular complexity index is 629. The molecule has 0 aromatic heterocycles. The molecule has 0 fully saturated rings. The van der Waals surface area contributed by atoms with Crippen LogP contribution < -0.4 is 5.43 Å². The number of carbonyl (C=O) groups excluding carboxylic acids is 1. The Hall–Kier alpha value is -2.24. The highest BCUT2D eigenvalue weighted by molar-refractivity contribution is 5.82. The molecule has 1 aromatic carbocycles. The third-order valence-electron chi connectivity index (χ3n) is 5.51. The van der Waals surface area contributed by atoms with Crippen LogP contribution in [-0.4, -0.2) is 17.0 Å². The molecule has 0 radical (unpaired) electrons. The summed E-state index contributed by atoms with van der Waals surface area (Å²) in [7, 11) is 0. The molecule has 0 heterocycles. The molecule has 0 atom stereocenters. The van der Waals surface area contributed by atoms with Gasteiger partial charge in [-0.1, -0.05) is 96.8 Å². The molecule has 0 spiro atoms. The number of nitro benzene ring substituents is 1. The highest BCUT2D eigenvalue weighted by Crippen LogP contribution is 2.14. The van der Waals surface area contributed by atoms with E-state index in [1.165, 1.54) is 102 Å². The summed E-state index contributed by atoms with van der Waals surface area (Å²) in [5.41, 5.74) is 3.26. The van der Waals surface area contributed by atoms with Crippen molar-refractivity contribution in [2.24, 2.45) is 5.10 Å². The van der Waals surface area contributed by atoms with Crippen molar-refractivity contribution < 1.29 is 9.72 Å². The van der Waals surface area contributed by atoms with E-state index in [4.69, 9.17) is 0 Å². The average Bonchev–Trinajstić information content (AvgIpc) is 2.76. The fraction of sp³-hybridized carbons (Fsp3) is 0.680. The second-order valence-electron chi connectivity index (χ2n) is 8.34. The van der Waals surface area contributed by atoms with Crippen molar-refractivity contribution >= 4 is 17.8 Å². The lowest BCUT2D eigenvalue weighted by atomic mass is 10.0. The first-order valence-corrected chi connectivity index (χ1v) is 12.2. The summed E-state index contributed by atoms with van der Waals surface area (Å²) in [6, 6.07) is 6.03. The Balaban J connectivity index is 1.89. The third kappa shape index (κ3) is 15.2. The van der Waals surface area contributed by atoms with Crippen LogP contribution in [0.5, 0.6) is 0 Å². The summed E-state index contributed by atoms with van der Waals surface area (Å²) in [6.07, 6.45) is 21.6. The predicted molar refractivity (Wildman–Crippen MR) is 128 cm³/mol. The van der Waals surface area contributed by atoms with Crippen LogP contribution >= 0.6 is 0 Å². The van der Waals surface area contributed by atoms with Crippen LogP contribution in [0.1, 0.15) is 115 Å². The Kier molecular flexibility index (Phi) is 16.0. The van der Waals surface area contributed by atoms with E-state index in [1.807, 2.05) is 0 Å². The number of non-ortho nitro benzene ring substituents is 1. The van der Waals surface area contributed by atoms with E-state index in [9.17, 15) is 14.9 Å². The van der Waals surface area contributed by atoms with Gasteiger partial charge in [-0.2, -0.15) is 5.10 Å². The van der Waals surface area contributed by atoms with Gasteiger partial charge in [-0.05, 0) is 24.1 Å². The number of nitrogens with one attached hydrogen (secondary N) is 1. The molecule has 31 heavy (non-hydrogen) atoms. The molecule has 0 saturated carbocycles. The van der Waals surface area contributed by atoms with Gasteiger partial charge in [0, 0.05) is 18.6 Å². The predicted octanol–water partition coefficient (Wildman–Crippen LogP) is 7.31. The number of nitro groups is 1. The summed E-state index contributed by atoms with van der Waals surface area (Å²) >= 11 is 0. The van der Waals surface area contributed by atoms with E-state index >= 15 is 0 Å². The maximum atomic E-state index is 11.8. The van der Waals surface area contributed by atoms with Gasteiger partial charge in [0.1, 0.15) is 0 Å². The zero-order valence-corrected chi connectivity index (χ0v) is 19.3. The van der Waals surface area contributed by atoms with Gasteiger partial charge in [-0.15, -0.1) is 0 Å².